The number of hydrogen-bond acceptors (Lipinski definition) is 6. The molecule has 0 amide bonds. The van der Waals surface area contributed by atoms with E-state index in [4.69, 9.17) is 10.5 Å². The van der Waals surface area contributed by atoms with Crippen molar-refractivity contribution in [2.45, 2.75) is 38.1 Å². The first-order valence-electron chi connectivity index (χ1n) is 7.03. The number of nitrogen functional groups attached to an aromatic ring is 1. The van der Waals surface area contributed by atoms with Crippen LogP contribution in [0.1, 0.15) is 24.3 Å². The van der Waals surface area contributed by atoms with Gasteiger partial charge in [0.05, 0.1) is 18.1 Å². The Hall–Kier alpha value is -1.11. The maximum absolute atomic E-state index is 6.19. The molecular weight excluding hydrogens is 302 g/mol. The molecule has 2 aromatic rings. The summed E-state index contributed by atoms with van der Waals surface area (Å²) in [6.07, 6.45) is 3.00. The molecule has 3 heterocycles. The minimum absolute atomic E-state index is 0.254. The van der Waals surface area contributed by atoms with Gasteiger partial charge in [0.1, 0.15) is 10.6 Å². The van der Waals surface area contributed by atoms with E-state index >= 15 is 0 Å². The lowest BCUT2D eigenvalue weighted by Gasteiger charge is -2.26. The lowest BCUT2D eigenvalue weighted by atomic mass is 9.96. The highest BCUT2D eigenvalue weighted by molar-refractivity contribution is 7.99. The van der Waals surface area contributed by atoms with Crippen molar-refractivity contribution in [2.24, 2.45) is 5.92 Å². The summed E-state index contributed by atoms with van der Waals surface area (Å²) in [5.41, 5.74) is 7.48. The second kappa shape index (κ2) is 5.94. The number of thioether (sulfide) groups is 1. The fraction of sp³-hybridized carbons (Fsp3) is 0.467. The van der Waals surface area contributed by atoms with Crippen molar-refractivity contribution in [1.82, 2.24) is 9.97 Å². The SMILES string of the molecule is C=CCSc1nc(N)c2c3c(sc2n1)COC(C(C)C)C3. The van der Waals surface area contributed by atoms with E-state index in [9.17, 15) is 0 Å². The molecule has 0 aliphatic carbocycles. The molecule has 0 saturated heterocycles. The van der Waals surface area contributed by atoms with Crippen molar-refractivity contribution in [3.8, 4) is 0 Å². The van der Waals surface area contributed by atoms with E-state index in [0.717, 1.165) is 27.5 Å². The molecule has 0 fully saturated rings. The normalized spacial score (nSPS) is 18.1. The topological polar surface area (TPSA) is 61.0 Å². The molecule has 2 N–H and O–H groups in total. The lowest BCUT2D eigenvalue weighted by Crippen LogP contribution is -2.26. The summed E-state index contributed by atoms with van der Waals surface area (Å²) in [4.78, 5) is 11.3. The molecule has 2 aromatic heterocycles. The average Bonchev–Trinajstić information content (AvgIpc) is 2.82. The maximum Gasteiger partial charge on any atom is 0.191 e. The summed E-state index contributed by atoms with van der Waals surface area (Å²) < 4.78 is 5.93. The van der Waals surface area contributed by atoms with Crippen LogP contribution in [-0.4, -0.2) is 21.8 Å². The van der Waals surface area contributed by atoms with Gasteiger partial charge in [0, 0.05) is 17.1 Å². The summed E-state index contributed by atoms with van der Waals surface area (Å²) in [6, 6.07) is 0. The van der Waals surface area contributed by atoms with E-state index < -0.39 is 0 Å². The Morgan fingerprint density at radius 2 is 2.33 bits per heavy atom. The van der Waals surface area contributed by atoms with Gasteiger partial charge in [-0.25, -0.2) is 9.97 Å². The molecule has 0 aromatic carbocycles. The predicted molar refractivity (Wildman–Crippen MR) is 89.9 cm³/mol. The molecule has 21 heavy (non-hydrogen) atoms. The van der Waals surface area contributed by atoms with Crippen molar-refractivity contribution in [3.63, 3.8) is 0 Å². The number of fused-ring (bicyclic) bond motifs is 3. The minimum Gasteiger partial charge on any atom is -0.383 e. The number of rotatable bonds is 4. The quantitative estimate of drug-likeness (QED) is 0.529. The van der Waals surface area contributed by atoms with E-state index in [1.807, 2.05) is 6.08 Å². The number of hydrogen-bond donors (Lipinski definition) is 1. The van der Waals surface area contributed by atoms with Crippen molar-refractivity contribution >= 4 is 39.1 Å². The first kappa shape index (κ1) is 14.8. The Kier molecular flexibility index (Phi) is 4.19. The summed E-state index contributed by atoms with van der Waals surface area (Å²) in [5, 5.41) is 1.76. The largest absolute Gasteiger partial charge is 0.383 e. The zero-order chi connectivity index (χ0) is 15.0. The van der Waals surface area contributed by atoms with Gasteiger partial charge in [-0.15, -0.1) is 17.9 Å². The Bertz CT molecular complexity index is 681. The van der Waals surface area contributed by atoms with E-state index in [2.05, 4.69) is 30.4 Å². The Balaban J connectivity index is 2.03. The standard InChI is InChI=1S/C15H19N3OS2/c1-4-5-20-15-17-13(16)12-9-6-10(8(2)3)19-7-11(9)21-14(12)18-15/h4,8,10H,1,5-7H2,2-3H3,(H2,16,17,18). The summed E-state index contributed by atoms with van der Waals surface area (Å²) >= 11 is 3.24. The third-order valence-electron chi connectivity index (χ3n) is 3.65. The van der Waals surface area contributed by atoms with Gasteiger partial charge < -0.3 is 10.5 Å². The number of ether oxygens (including phenoxy) is 1. The first-order valence-corrected chi connectivity index (χ1v) is 8.83. The molecule has 4 nitrogen and oxygen atoms in total. The Morgan fingerprint density at radius 3 is 3.05 bits per heavy atom. The maximum atomic E-state index is 6.19. The van der Waals surface area contributed by atoms with Gasteiger partial charge in [0.2, 0.25) is 0 Å². The van der Waals surface area contributed by atoms with Crippen LogP contribution in [0, 0.1) is 5.92 Å². The van der Waals surface area contributed by atoms with Gasteiger partial charge >= 0.3 is 0 Å². The third kappa shape index (κ3) is 2.80. The van der Waals surface area contributed by atoms with Gasteiger partial charge in [-0.05, 0) is 11.5 Å². The molecule has 0 radical (unpaired) electrons. The number of thiophene rings is 1. The van der Waals surface area contributed by atoms with Crippen LogP contribution < -0.4 is 5.73 Å². The first-order chi connectivity index (χ1) is 10.1. The second-order valence-electron chi connectivity index (χ2n) is 5.47. The Labute approximate surface area is 132 Å². The predicted octanol–water partition coefficient (Wildman–Crippen LogP) is 3.65. The lowest BCUT2D eigenvalue weighted by molar-refractivity contribution is 0.00203. The summed E-state index contributed by atoms with van der Waals surface area (Å²) in [5.74, 6) is 1.88. The van der Waals surface area contributed by atoms with Crippen LogP contribution in [0.2, 0.25) is 0 Å². The van der Waals surface area contributed by atoms with E-state index in [1.165, 1.54) is 10.4 Å². The van der Waals surface area contributed by atoms with Crippen LogP contribution >= 0.6 is 23.1 Å². The van der Waals surface area contributed by atoms with E-state index in [1.54, 1.807) is 23.1 Å². The molecule has 3 rings (SSSR count). The number of nitrogens with zero attached hydrogens (tertiary/aromatic N) is 2. The van der Waals surface area contributed by atoms with Crippen LogP contribution in [-0.2, 0) is 17.8 Å². The number of nitrogens with two attached hydrogens (primary N) is 1. The molecule has 1 aliphatic heterocycles. The van der Waals surface area contributed by atoms with E-state index in [-0.39, 0.29) is 6.10 Å². The molecule has 0 bridgehead atoms. The highest BCUT2D eigenvalue weighted by Gasteiger charge is 2.27. The van der Waals surface area contributed by atoms with Gasteiger partial charge in [0.25, 0.3) is 0 Å². The van der Waals surface area contributed by atoms with Crippen LogP contribution in [0.4, 0.5) is 5.82 Å². The average molecular weight is 321 g/mol. The molecule has 112 valence electrons. The molecule has 0 spiro atoms. The van der Waals surface area contributed by atoms with Crippen LogP contribution in [0.3, 0.4) is 0 Å². The fourth-order valence-electron chi connectivity index (χ4n) is 2.51. The Morgan fingerprint density at radius 1 is 1.52 bits per heavy atom. The third-order valence-corrected chi connectivity index (χ3v) is 5.59. The highest BCUT2D eigenvalue weighted by Crippen LogP contribution is 2.39. The molecular formula is C15H19N3OS2. The van der Waals surface area contributed by atoms with Crippen molar-refractivity contribution in [3.05, 3.63) is 23.1 Å². The zero-order valence-electron chi connectivity index (χ0n) is 12.3. The molecule has 0 saturated carbocycles. The second-order valence-corrected chi connectivity index (χ2v) is 7.54. The van der Waals surface area contributed by atoms with Gasteiger partial charge in [-0.2, -0.15) is 0 Å². The summed E-state index contributed by atoms with van der Waals surface area (Å²) in [7, 11) is 0. The fourth-order valence-corrected chi connectivity index (χ4v) is 4.29. The van der Waals surface area contributed by atoms with Gasteiger partial charge in [-0.1, -0.05) is 31.7 Å². The van der Waals surface area contributed by atoms with Crippen molar-refractivity contribution in [1.29, 1.82) is 0 Å². The van der Waals surface area contributed by atoms with E-state index in [0.29, 0.717) is 18.3 Å². The minimum atomic E-state index is 0.254. The van der Waals surface area contributed by atoms with Crippen LogP contribution in [0.5, 0.6) is 0 Å². The van der Waals surface area contributed by atoms with Gasteiger partial charge in [0.15, 0.2) is 5.16 Å². The van der Waals surface area contributed by atoms with Gasteiger partial charge in [-0.3, -0.25) is 0 Å². The number of aromatic nitrogens is 2. The monoisotopic (exact) mass is 321 g/mol. The van der Waals surface area contributed by atoms with Crippen molar-refractivity contribution < 1.29 is 4.74 Å². The smallest absolute Gasteiger partial charge is 0.191 e. The summed E-state index contributed by atoms with van der Waals surface area (Å²) in [6.45, 7) is 8.75. The van der Waals surface area contributed by atoms with Crippen molar-refractivity contribution in [2.75, 3.05) is 11.5 Å². The zero-order valence-corrected chi connectivity index (χ0v) is 13.9. The highest BCUT2D eigenvalue weighted by atomic mass is 32.2. The molecule has 1 unspecified atom stereocenters. The molecule has 1 atom stereocenters. The number of anilines is 1. The molecule has 6 heteroatoms. The molecule has 1 aliphatic rings. The van der Waals surface area contributed by atoms with Crippen LogP contribution in [0.15, 0.2) is 17.8 Å². The van der Waals surface area contributed by atoms with Crippen LogP contribution in [0.25, 0.3) is 10.2 Å².